The summed E-state index contributed by atoms with van der Waals surface area (Å²) in [7, 11) is 0. The van der Waals surface area contributed by atoms with E-state index in [1.807, 2.05) is 0 Å². The fourth-order valence-electron chi connectivity index (χ4n) is 15.0. The SMILES string of the molecule is Cc1ccc(N(c2ccc(C)cc2)c2cc3[c]4c(c2)N(c2ccc(C)cc2)c2cc(N(c5ccc(C)cc5)c5ccc(C)cc5)cc5[c]2[Bi]42([O]c4c(Cl)c(Cl)c(Cl)c(Cl)c4[O]2)[c]2c(cc(N(c4ccc(C)cc4)c4ccc(C)cc4)cc2N5c2ccc(C)cc2)N3c2ccc(C)cc2)cc1. The summed E-state index contributed by atoms with van der Waals surface area (Å²) in [5.41, 5.74) is 26.4. The van der Waals surface area contributed by atoms with Gasteiger partial charge in [-0.25, -0.2) is 0 Å². The number of benzene rings is 13. The van der Waals surface area contributed by atoms with Gasteiger partial charge < -0.3 is 0 Å². The van der Waals surface area contributed by atoms with Crippen molar-refractivity contribution in [2.24, 2.45) is 0 Å². The van der Waals surface area contributed by atoms with Crippen molar-refractivity contribution >= 4 is 178 Å². The molecule has 0 saturated carbocycles. The van der Waals surface area contributed by atoms with Crippen molar-refractivity contribution in [2.75, 3.05) is 29.4 Å². The molecule has 1 spiro atoms. The molecule has 13 aromatic rings. The Morgan fingerprint density at radius 2 is 0.400 bits per heavy atom. The summed E-state index contributed by atoms with van der Waals surface area (Å²) < 4.78 is 20.1. The molecule has 492 valence electrons. The van der Waals surface area contributed by atoms with Crippen molar-refractivity contribution < 1.29 is 5.63 Å². The number of hydrogen-bond acceptors (Lipinski definition) is 8. The molecule has 100 heavy (non-hydrogen) atoms. The summed E-state index contributed by atoms with van der Waals surface area (Å²) in [6.45, 7) is 19.2. The summed E-state index contributed by atoms with van der Waals surface area (Å²) in [5.74, 6) is 0.465. The Hall–Kier alpha value is -9.70. The second-order valence-corrected chi connectivity index (χ2v) is 42.7. The summed E-state index contributed by atoms with van der Waals surface area (Å²) >= 11 is 23.2. The number of anilines is 18. The number of rotatable bonds is 12. The van der Waals surface area contributed by atoms with Crippen molar-refractivity contribution in [3.8, 4) is 11.5 Å². The molecule has 13 aromatic carbocycles. The summed E-state index contributed by atoms with van der Waals surface area (Å²) in [6, 6.07) is 93.5. The van der Waals surface area contributed by atoms with E-state index in [9.17, 15) is 0 Å². The van der Waals surface area contributed by atoms with Crippen LogP contribution in [0.4, 0.5) is 102 Å². The molecule has 8 nitrogen and oxygen atoms in total. The quantitative estimate of drug-likeness (QED) is 0.0681. The van der Waals surface area contributed by atoms with Crippen molar-refractivity contribution in [3.05, 3.63) is 325 Å². The molecule has 0 unspecified atom stereocenters. The zero-order valence-corrected chi connectivity index (χ0v) is 63.2. The van der Waals surface area contributed by atoms with Crippen LogP contribution in [0.1, 0.15) is 50.1 Å². The van der Waals surface area contributed by atoms with Crippen molar-refractivity contribution in [3.63, 3.8) is 0 Å². The van der Waals surface area contributed by atoms with E-state index in [0.29, 0.717) is 0 Å². The molecule has 4 aliphatic rings. The second-order valence-electron chi connectivity index (χ2n) is 27.1. The Morgan fingerprint density at radius 1 is 0.230 bits per heavy atom. The predicted molar refractivity (Wildman–Crippen MR) is 423 cm³/mol. The van der Waals surface area contributed by atoms with Gasteiger partial charge in [0.1, 0.15) is 0 Å². The molecule has 17 rings (SSSR count). The topological polar surface area (TPSA) is 37.9 Å². The zero-order valence-electron chi connectivity index (χ0n) is 56.7. The van der Waals surface area contributed by atoms with Crippen LogP contribution in [0.5, 0.6) is 11.5 Å². The van der Waals surface area contributed by atoms with Crippen molar-refractivity contribution in [1.29, 1.82) is 0 Å². The molecular formula is C87H69BiCl4N6O2. The van der Waals surface area contributed by atoms with E-state index in [1.54, 1.807) is 0 Å². The van der Waals surface area contributed by atoms with Gasteiger partial charge in [0.15, 0.2) is 0 Å². The average Bonchev–Trinajstić information content (AvgIpc) is 1.19. The first-order chi connectivity index (χ1) is 48.3. The Labute approximate surface area is 606 Å². The van der Waals surface area contributed by atoms with Crippen LogP contribution in [0, 0.1) is 62.3 Å². The molecule has 4 heterocycles. The van der Waals surface area contributed by atoms with E-state index < -0.39 is 19.7 Å². The standard InChI is InChI=1S/C81H69N6.C6H2Cl4O2.Bi/c1-55-10-28-64(29-11-55)82(65-30-12-56(2)13-31-65)73-46-76-52-77(47-73)86(71-42-24-62(8)25-43-71)79-49-75(84(68-36-18-59(5)19-37-68)69-38-20-60(6)21-39-69)51-81(54-79)87(72-44-26-63(9)27-45-72)80-50-74(48-78(53-80)85(76)70-40-22-61(7)23-41-70)83(66-32-14-57(3)15-33-66)67-34-16-58(4)17-35-67;7-1-2(8)4(10)6(12)5(11)3(1)9;/h10-51H,1-9H3;11-12H;/q;;+2/p-2. The Kier molecular flexibility index (Phi) is 15.3. The number of fused-ring (bicyclic) bond motifs is 1. The van der Waals surface area contributed by atoms with Gasteiger partial charge in [-0.3, -0.25) is 0 Å². The molecule has 13 heteroatoms. The van der Waals surface area contributed by atoms with Crippen LogP contribution in [-0.4, -0.2) is 19.7 Å². The predicted octanol–water partition coefficient (Wildman–Crippen LogP) is 24.7. The minimum absolute atomic E-state index is 0.0662. The molecule has 0 saturated heterocycles. The Morgan fingerprint density at radius 3 is 0.580 bits per heavy atom. The van der Waals surface area contributed by atoms with Gasteiger partial charge in [-0.2, -0.15) is 0 Å². The first kappa shape index (κ1) is 63.7. The van der Waals surface area contributed by atoms with Crippen LogP contribution in [0.2, 0.25) is 20.1 Å². The van der Waals surface area contributed by atoms with Crippen LogP contribution >= 0.6 is 46.4 Å². The monoisotopic (exact) mass is 1580 g/mol. The maximum absolute atomic E-state index is 8.76. The molecule has 0 atom stereocenters. The van der Waals surface area contributed by atoms with Crippen molar-refractivity contribution in [2.45, 2.75) is 62.3 Å². The molecular weight excluding hydrogens is 1510 g/mol. The molecule has 0 bridgehead atoms. The van der Waals surface area contributed by atoms with Crippen LogP contribution in [0.15, 0.2) is 255 Å². The van der Waals surface area contributed by atoms with Gasteiger partial charge >= 0.3 is 612 Å². The zero-order chi connectivity index (χ0) is 68.8. The van der Waals surface area contributed by atoms with Crippen LogP contribution in [0.3, 0.4) is 0 Å². The minimum atomic E-state index is -7.23. The second kappa shape index (κ2) is 24.0. The fourth-order valence-corrected chi connectivity index (χ4v) is 38.8. The average molecular weight is 1580 g/mol. The third kappa shape index (κ3) is 9.93. The first-order valence-electron chi connectivity index (χ1n) is 33.6. The van der Waals surface area contributed by atoms with E-state index in [1.165, 1.54) is 0 Å². The first-order valence-corrected chi connectivity index (χ1v) is 43.1. The van der Waals surface area contributed by atoms with Crippen LogP contribution in [0.25, 0.3) is 0 Å². The number of nitrogens with zero attached hydrogens (tertiary/aromatic N) is 6. The van der Waals surface area contributed by atoms with E-state index in [2.05, 4.69) is 347 Å². The van der Waals surface area contributed by atoms with Gasteiger partial charge in [-0.05, 0) is 0 Å². The van der Waals surface area contributed by atoms with Crippen LogP contribution < -0.4 is 44.8 Å². The van der Waals surface area contributed by atoms with Gasteiger partial charge in [0, 0.05) is 0 Å². The molecule has 0 radical (unpaired) electrons. The van der Waals surface area contributed by atoms with E-state index in [4.69, 9.17) is 52.0 Å². The molecule has 0 N–H and O–H groups in total. The number of halogens is 4. The number of aryl methyl sites for hydroxylation is 9. The normalized spacial score (nSPS) is 14.2. The Bertz CT molecular complexity index is 4730. The molecule has 0 aromatic heterocycles. The third-order valence-electron chi connectivity index (χ3n) is 19.9. The van der Waals surface area contributed by atoms with Gasteiger partial charge in [-0.15, -0.1) is 0 Å². The molecule has 0 aliphatic carbocycles. The van der Waals surface area contributed by atoms with E-state index in [0.717, 1.165) is 162 Å². The fraction of sp³-hybridized carbons (Fsp3) is 0.103. The Balaban J connectivity index is 1.14. The molecule has 4 aliphatic heterocycles. The van der Waals surface area contributed by atoms with Gasteiger partial charge in [0.25, 0.3) is 0 Å². The maximum atomic E-state index is 8.76. The van der Waals surface area contributed by atoms with Crippen LogP contribution in [-0.2, 0) is 0 Å². The summed E-state index contributed by atoms with van der Waals surface area (Å²) in [6.07, 6.45) is 0. The van der Waals surface area contributed by atoms with Gasteiger partial charge in [0.2, 0.25) is 0 Å². The molecule has 0 amide bonds. The van der Waals surface area contributed by atoms with Gasteiger partial charge in [0.05, 0.1) is 0 Å². The molecule has 0 fully saturated rings. The van der Waals surface area contributed by atoms with Gasteiger partial charge in [-0.1, -0.05) is 0 Å². The third-order valence-corrected chi connectivity index (χ3v) is 40.7. The van der Waals surface area contributed by atoms with E-state index >= 15 is 0 Å². The van der Waals surface area contributed by atoms with E-state index in [-0.39, 0.29) is 31.6 Å². The summed E-state index contributed by atoms with van der Waals surface area (Å²) in [5, 5.41) is 0.340. The summed E-state index contributed by atoms with van der Waals surface area (Å²) in [4.78, 5) is 14.5. The van der Waals surface area contributed by atoms with Crippen molar-refractivity contribution in [1.82, 2.24) is 0 Å². The number of hydrogen-bond donors (Lipinski definition) is 0.